The van der Waals surface area contributed by atoms with Gasteiger partial charge in [0, 0.05) is 4.75 Å². The van der Waals surface area contributed by atoms with Crippen LogP contribution in [0.25, 0.3) is 0 Å². The van der Waals surface area contributed by atoms with Crippen LogP contribution in [0.4, 0.5) is 0 Å². The number of β-lactam (4-membered cyclic amide) rings is 1. The maximum atomic E-state index is 13.1. The second-order valence-corrected chi connectivity index (χ2v) is 9.18. The summed E-state index contributed by atoms with van der Waals surface area (Å²) in [7, 11) is 0. The van der Waals surface area contributed by atoms with Crippen LogP contribution in [0.1, 0.15) is 31.2 Å². The third-order valence-electron chi connectivity index (χ3n) is 5.10. The number of aromatic nitrogens is 2. The number of carbonyl (C=O) groups is 3. The summed E-state index contributed by atoms with van der Waals surface area (Å²) >= 11 is 1.33. The number of fused-ring (bicyclic) bond motifs is 1. The third kappa shape index (κ3) is 3.11. The van der Waals surface area contributed by atoms with Crippen molar-refractivity contribution in [2.24, 2.45) is 0 Å². The minimum atomic E-state index is -1.08. The lowest BCUT2D eigenvalue weighted by molar-refractivity contribution is -0.161. The molecule has 10 nitrogen and oxygen atoms in total. The molecule has 0 bridgehead atoms. The zero-order valence-corrected chi connectivity index (χ0v) is 16.3. The van der Waals surface area contributed by atoms with Gasteiger partial charge in [-0.2, -0.15) is 0 Å². The molecule has 0 saturated carbocycles. The van der Waals surface area contributed by atoms with E-state index in [-0.39, 0.29) is 5.82 Å². The number of rotatable bonds is 5. The second kappa shape index (κ2) is 6.76. The highest BCUT2D eigenvalue weighted by molar-refractivity contribution is 8.01. The van der Waals surface area contributed by atoms with Crippen LogP contribution < -0.4 is 11.1 Å². The number of benzene rings is 1. The normalized spacial score (nSPS) is 25.8. The second-order valence-electron chi connectivity index (χ2n) is 7.41. The summed E-state index contributed by atoms with van der Waals surface area (Å²) in [5.41, 5.74) is 0.556. The van der Waals surface area contributed by atoms with Crippen LogP contribution in [0.3, 0.4) is 0 Å². The number of amides is 2. The Morgan fingerprint density at radius 2 is 2.00 bits per heavy atom. The van der Waals surface area contributed by atoms with Gasteiger partial charge in [0.2, 0.25) is 11.8 Å². The predicted octanol–water partition coefficient (Wildman–Crippen LogP) is 0.127. The zero-order chi connectivity index (χ0) is 20.9. The number of aliphatic carboxylic acids is 1. The molecule has 2 aromatic rings. The first kappa shape index (κ1) is 19.2. The summed E-state index contributed by atoms with van der Waals surface area (Å²) in [5.74, 6) is -3.84. The molecule has 4 unspecified atom stereocenters. The Morgan fingerprint density at radius 1 is 1.31 bits per heavy atom. The van der Waals surface area contributed by atoms with E-state index in [1.54, 1.807) is 44.2 Å². The fourth-order valence-corrected chi connectivity index (χ4v) is 5.45. The van der Waals surface area contributed by atoms with Gasteiger partial charge in [-0.15, -0.1) is 11.8 Å². The van der Waals surface area contributed by atoms with Gasteiger partial charge in [-0.3, -0.25) is 19.1 Å². The molecule has 0 spiro atoms. The first-order valence-electron chi connectivity index (χ1n) is 8.84. The lowest BCUT2D eigenvalue weighted by Crippen LogP contribution is -2.70. The van der Waals surface area contributed by atoms with Crippen molar-refractivity contribution in [2.45, 2.75) is 42.0 Å². The Morgan fingerprint density at radius 3 is 2.59 bits per heavy atom. The fraction of sp³-hybridized carbons (Fsp3) is 0.389. The van der Waals surface area contributed by atoms with Gasteiger partial charge >= 0.3 is 11.7 Å². The van der Waals surface area contributed by atoms with E-state index in [4.69, 9.17) is 0 Å². The number of hydrogen-bond acceptors (Lipinski definition) is 7. The van der Waals surface area contributed by atoms with E-state index in [1.807, 2.05) is 0 Å². The van der Waals surface area contributed by atoms with Crippen LogP contribution in [0.2, 0.25) is 0 Å². The minimum Gasteiger partial charge on any atom is -0.480 e. The van der Waals surface area contributed by atoms with Crippen LogP contribution in [-0.4, -0.2) is 60.1 Å². The molecule has 3 heterocycles. The Labute approximate surface area is 168 Å². The van der Waals surface area contributed by atoms with Crippen molar-refractivity contribution < 1.29 is 24.0 Å². The smallest absolute Gasteiger partial charge is 0.438 e. The van der Waals surface area contributed by atoms with Gasteiger partial charge in [0.25, 0.3) is 0 Å². The largest absolute Gasteiger partial charge is 0.480 e. The number of thioether (sulfide) groups is 1. The average Bonchev–Trinajstić information content (AvgIpc) is 3.19. The molecule has 2 amide bonds. The molecule has 29 heavy (non-hydrogen) atoms. The number of carbonyl (C=O) groups excluding carboxylic acids is 2. The van der Waals surface area contributed by atoms with Gasteiger partial charge < -0.3 is 15.3 Å². The van der Waals surface area contributed by atoms with Crippen LogP contribution in [0, 0.1) is 0 Å². The van der Waals surface area contributed by atoms with Crippen molar-refractivity contribution in [3.05, 3.63) is 52.3 Å². The predicted molar refractivity (Wildman–Crippen MR) is 101 cm³/mol. The standard InChI is InChI=1S/C18H18N4O6S/c1-18(2)11(16(25)26)22-14(24)10(15(22)29-18)19-13(23)9(8-6-4-3-5-7-8)12-20-17(27)28-21-12/h3-7,9-11,15H,1-2H3,(H,19,23)(H,25,26)(H,20,21,27). The summed E-state index contributed by atoms with van der Waals surface area (Å²) in [6.07, 6.45) is 0. The molecule has 2 aliphatic heterocycles. The molecule has 1 aromatic carbocycles. The first-order valence-corrected chi connectivity index (χ1v) is 9.72. The Balaban J connectivity index is 1.59. The van der Waals surface area contributed by atoms with Crippen LogP contribution in [0.5, 0.6) is 0 Å². The number of carboxylic acid groups (broad SMARTS) is 1. The van der Waals surface area contributed by atoms with Crippen molar-refractivity contribution in [3.8, 4) is 0 Å². The minimum absolute atomic E-state index is 0.0187. The van der Waals surface area contributed by atoms with Crippen LogP contribution >= 0.6 is 11.8 Å². The molecule has 2 saturated heterocycles. The van der Waals surface area contributed by atoms with E-state index in [2.05, 4.69) is 20.0 Å². The van der Waals surface area contributed by atoms with Gasteiger partial charge in [-0.25, -0.2) is 9.59 Å². The molecule has 4 rings (SSSR count). The SMILES string of the molecule is CC1(C)SC2C(NC(=O)C(c3ccccc3)c3noc(=O)[nH]3)C(=O)N2C1C(=O)O. The third-order valence-corrected chi connectivity index (χ3v) is 6.67. The number of carboxylic acids is 1. The molecular formula is C18H18N4O6S. The quantitative estimate of drug-likeness (QED) is 0.581. The highest BCUT2D eigenvalue weighted by Gasteiger charge is 2.64. The molecule has 1 aromatic heterocycles. The van der Waals surface area contributed by atoms with Gasteiger partial charge in [-0.1, -0.05) is 35.5 Å². The van der Waals surface area contributed by atoms with E-state index in [0.29, 0.717) is 5.56 Å². The molecule has 3 N–H and O–H groups in total. The molecule has 0 aliphatic carbocycles. The summed E-state index contributed by atoms with van der Waals surface area (Å²) in [6, 6.07) is 6.81. The van der Waals surface area contributed by atoms with Crippen LogP contribution in [0.15, 0.2) is 39.6 Å². The van der Waals surface area contributed by atoms with Gasteiger partial charge in [0.1, 0.15) is 23.4 Å². The van der Waals surface area contributed by atoms with Gasteiger partial charge in [0.05, 0.1) is 0 Å². The number of nitrogens with zero attached hydrogens (tertiary/aromatic N) is 2. The fourth-order valence-electron chi connectivity index (χ4n) is 3.83. The number of nitrogens with one attached hydrogen (secondary N) is 2. The van der Waals surface area contributed by atoms with Crippen molar-refractivity contribution in [1.82, 2.24) is 20.4 Å². The molecule has 4 atom stereocenters. The number of H-pyrrole nitrogens is 1. The molecule has 11 heteroatoms. The van der Waals surface area contributed by atoms with Crippen molar-refractivity contribution in [2.75, 3.05) is 0 Å². The van der Waals surface area contributed by atoms with E-state index in [9.17, 15) is 24.3 Å². The molecule has 152 valence electrons. The molecule has 0 radical (unpaired) electrons. The Hall–Kier alpha value is -3.08. The van der Waals surface area contributed by atoms with E-state index in [1.165, 1.54) is 16.7 Å². The van der Waals surface area contributed by atoms with E-state index < -0.39 is 51.7 Å². The van der Waals surface area contributed by atoms with Crippen molar-refractivity contribution >= 4 is 29.5 Å². The lowest BCUT2D eigenvalue weighted by Gasteiger charge is -2.43. The average molecular weight is 418 g/mol. The summed E-state index contributed by atoms with van der Waals surface area (Å²) in [4.78, 5) is 52.4. The monoisotopic (exact) mass is 418 g/mol. The lowest BCUT2D eigenvalue weighted by atomic mass is 9.94. The van der Waals surface area contributed by atoms with Crippen molar-refractivity contribution in [3.63, 3.8) is 0 Å². The van der Waals surface area contributed by atoms with Crippen molar-refractivity contribution in [1.29, 1.82) is 0 Å². The molecule has 2 fully saturated rings. The highest BCUT2D eigenvalue weighted by atomic mass is 32.2. The van der Waals surface area contributed by atoms with Crippen LogP contribution in [-0.2, 0) is 14.4 Å². The van der Waals surface area contributed by atoms with Gasteiger partial charge in [-0.05, 0) is 19.4 Å². The molecular weight excluding hydrogens is 400 g/mol. The van der Waals surface area contributed by atoms with E-state index >= 15 is 0 Å². The first-order chi connectivity index (χ1) is 13.7. The highest BCUT2D eigenvalue weighted by Crippen LogP contribution is 2.50. The topological polar surface area (TPSA) is 146 Å². The number of aromatic amines is 1. The van der Waals surface area contributed by atoms with E-state index in [0.717, 1.165) is 0 Å². The zero-order valence-electron chi connectivity index (χ0n) is 15.5. The maximum absolute atomic E-state index is 13.1. The summed E-state index contributed by atoms with van der Waals surface area (Å²) in [6.45, 7) is 3.52. The maximum Gasteiger partial charge on any atom is 0.438 e. The molecule has 2 aliphatic rings. The Kier molecular flexibility index (Phi) is 4.49. The summed E-state index contributed by atoms with van der Waals surface area (Å²) in [5, 5.41) is 15.3. The number of hydrogen-bond donors (Lipinski definition) is 3. The summed E-state index contributed by atoms with van der Waals surface area (Å²) < 4.78 is 3.84. The Bertz CT molecular complexity index is 1030. The van der Waals surface area contributed by atoms with Gasteiger partial charge in [0.15, 0.2) is 5.82 Å².